The summed E-state index contributed by atoms with van der Waals surface area (Å²) in [6, 6.07) is 1.83. The molecule has 0 aliphatic carbocycles. The van der Waals surface area contributed by atoms with Crippen LogP contribution < -0.4 is 10.6 Å². The molecule has 26 heavy (non-hydrogen) atoms. The van der Waals surface area contributed by atoms with Gasteiger partial charge in [0.25, 0.3) is 0 Å². The fourth-order valence-electron chi connectivity index (χ4n) is 2.57. The number of thiazole rings is 1. The van der Waals surface area contributed by atoms with Crippen LogP contribution in [-0.2, 0) is 12.0 Å². The van der Waals surface area contributed by atoms with Crippen LogP contribution in [0.4, 0.5) is 5.95 Å². The largest absolute Gasteiger partial charge is 0.370 e. The molecule has 1 fully saturated rings. The third-order valence-electron chi connectivity index (χ3n) is 4.14. The van der Waals surface area contributed by atoms with Gasteiger partial charge < -0.3 is 15.5 Å². The Morgan fingerprint density at radius 1 is 1.19 bits per heavy atom. The van der Waals surface area contributed by atoms with Crippen molar-refractivity contribution in [3.63, 3.8) is 0 Å². The predicted molar refractivity (Wildman–Crippen MR) is 117 cm³/mol. The quantitative estimate of drug-likeness (QED) is 0.407. The molecule has 3 rings (SSSR count). The Balaban J connectivity index is 0.00000243. The van der Waals surface area contributed by atoms with E-state index < -0.39 is 0 Å². The van der Waals surface area contributed by atoms with E-state index in [-0.39, 0.29) is 29.4 Å². The monoisotopic (exact) mass is 487 g/mol. The highest BCUT2D eigenvalue weighted by Crippen LogP contribution is 2.24. The third kappa shape index (κ3) is 5.26. The van der Waals surface area contributed by atoms with Gasteiger partial charge in [-0.2, -0.15) is 0 Å². The molecule has 0 unspecified atom stereocenters. The van der Waals surface area contributed by atoms with Crippen molar-refractivity contribution in [2.24, 2.45) is 10.7 Å². The van der Waals surface area contributed by atoms with E-state index >= 15 is 0 Å². The van der Waals surface area contributed by atoms with Crippen molar-refractivity contribution in [1.29, 1.82) is 0 Å². The van der Waals surface area contributed by atoms with E-state index in [0.717, 1.165) is 42.8 Å². The first-order valence-electron chi connectivity index (χ1n) is 8.45. The maximum Gasteiger partial charge on any atom is 0.225 e. The molecule has 0 radical (unpaired) electrons. The van der Waals surface area contributed by atoms with Crippen molar-refractivity contribution in [3.05, 3.63) is 34.5 Å². The smallest absolute Gasteiger partial charge is 0.225 e. The second-order valence-electron chi connectivity index (χ2n) is 7.07. The van der Waals surface area contributed by atoms with Gasteiger partial charge in [-0.1, -0.05) is 20.8 Å². The molecule has 9 heteroatoms. The summed E-state index contributed by atoms with van der Waals surface area (Å²) in [5, 5.41) is 3.11. The molecule has 0 amide bonds. The lowest BCUT2D eigenvalue weighted by molar-refractivity contribution is 0.378. The molecule has 0 saturated carbocycles. The van der Waals surface area contributed by atoms with Gasteiger partial charge in [-0.25, -0.2) is 19.9 Å². The second-order valence-corrected chi connectivity index (χ2v) is 8.02. The number of aliphatic imine (C=N–C) groups is 1. The molecule has 2 N–H and O–H groups in total. The Hall–Kier alpha value is -1.49. The standard InChI is InChI=1S/C17H25N7S.HI/c1-17(2,3)13-12-25-14(22-13)11-21-15(18)23-7-9-24(10-8-23)16-19-5-4-6-20-16;/h4-6,12H,7-11H2,1-3H3,(H2,18,21);1H. The minimum Gasteiger partial charge on any atom is -0.370 e. The van der Waals surface area contributed by atoms with Crippen molar-refractivity contribution in [2.75, 3.05) is 31.1 Å². The molecule has 3 heterocycles. The highest BCUT2D eigenvalue weighted by atomic mass is 127. The van der Waals surface area contributed by atoms with Crippen LogP contribution in [0.1, 0.15) is 31.5 Å². The molecule has 2 aromatic heterocycles. The molecule has 0 aromatic carbocycles. The van der Waals surface area contributed by atoms with E-state index in [1.807, 2.05) is 6.07 Å². The van der Waals surface area contributed by atoms with Gasteiger partial charge in [0.1, 0.15) is 5.01 Å². The number of nitrogens with two attached hydrogens (primary N) is 1. The first-order chi connectivity index (χ1) is 11.9. The second kappa shape index (κ2) is 8.94. The zero-order valence-electron chi connectivity index (χ0n) is 15.4. The molecule has 1 aliphatic rings. The van der Waals surface area contributed by atoms with Gasteiger partial charge in [-0.3, -0.25) is 0 Å². The van der Waals surface area contributed by atoms with E-state index in [1.165, 1.54) is 0 Å². The van der Waals surface area contributed by atoms with Gasteiger partial charge in [0.05, 0.1) is 12.2 Å². The van der Waals surface area contributed by atoms with Crippen LogP contribution in [0, 0.1) is 0 Å². The minimum absolute atomic E-state index is 0. The van der Waals surface area contributed by atoms with Crippen LogP contribution >= 0.6 is 35.3 Å². The van der Waals surface area contributed by atoms with Crippen molar-refractivity contribution in [1.82, 2.24) is 19.9 Å². The Morgan fingerprint density at radius 2 is 1.85 bits per heavy atom. The molecule has 0 spiro atoms. The first-order valence-corrected chi connectivity index (χ1v) is 9.33. The van der Waals surface area contributed by atoms with Crippen LogP contribution in [0.3, 0.4) is 0 Å². The van der Waals surface area contributed by atoms with Crippen molar-refractivity contribution >= 4 is 47.2 Å². The highest BCUT2D eigenvalue weighted by Gasteiger charge is 2.20. The fraction of sp³-hybridized carbons (Fsp3) is 0.529. The Morgan fingerprint density at radius 3 is 2.42 bits per heavy atom. The SMILES string of the molecule is CC(C)(C)c1csc(CN=C(N)N2CCN(c3ncccn3)CC2)n1.I. The fourth-order valence-corrected chi connectivity index (χ4v) is 3.51. The molecular weight excluding hydrogens is 461 g/mol. The molecule has 2 aromatic rings. The molecule has 7 nitrogen and oxygen atoms in total. The van der Waals surface area contributed by atoms with Gasteiger partial charge in [-0.05, 0) is 6.07 Å². The normalized spacial score (nSPS) is 15.7. The molecule has 0 bridgehead atoms. The lowest BCUT2D eigenvalue weighted by Gasteiger charge is -2.35. The highest BCUT2D eigenvalue weighted by molar-refractivity contribution is 14.0. The lowest BCUT2D eigenvalue weighted by atomic mass is 9.93. The predicted octanol–water partition coefficient (Wildman–Crippen LogP) is 2.49. The number of guanidine groups is 1. The number of rotatable bonds is 3. The molecule has 0 atom stereocenters. The number of hydrogen-bond donors (Lipinski definition) is 1. The molecule has 1 saturated heterocycles. The number of hydrogen-bond acceptors (Lipinski definition) is 6. The van der Waals surface area contributed by atoms with E-state index in [1.54, 1.807) is 23.7 Å². The summed E-state index contributed by atoms with van der Waals surface area (Å²) in [7, 11) is 0. The molecule has 142 valence electrons. The number of piperazine rings is 1. The van der Waals surface area contributed by atoms with Crippen LogP contribution in [-0.4, -0.2) is 52.0 Å². The van der Waals surface area contributed by atoms with Crippen molar-refractivity contribution in [2.45, 2.75) is 32.7 Å². The summed E-state index contributed by atoms with van der Waals surface area (Å²) >= 11 is 1.65. The maximum absolute atomic E-state index is 6.18. The van der Waals surface area contributed by atoms with Gasteiger partial charge in [0.2, 0.25) is 5.95 Å². The lowest BCUT2D eigenvalue weighted by Crippen LogP contribution is -2.51. The van der Waals surface area contributed by atoms with E-state index in [2.05, 4.69) is 55.9 Å². The van der Waals surface area contributed by atoms with Crippen molar-refractivity contribution < 1.29 is 0 Å². The summed E-state index contributed by atoms with van der Waals surface area (Å²) in [6.45, 7) is 10.3. The average molecular weight is 487 g/mol. The summed E-state index contributed by atoms with van der Waals surface area (Å²) < 4.78 is 0. The summed E-state index contributed by atoms with van der Waals surface area (Å²) in [5.41, 5.74) is 7.35. The number of nitrogens with zero attached hydrogens (tertiary/aromatic N) is 6. The van der Waals surface area contributed by atoms with Gasteiger partial charge in [-0.15, -0.1) is 35.3 Å². The zero-order chi connectivity index (χ0) is 17.9. The van der Waals surface area contributed by atoms with Gasteiger partial charge >= 0.3 is 0 Å². The number of halogens is 1. The maximum atomic E-state index is 6.18. The average Bonchev–Trinajstić information content (AvgIpc) is 3.10. The van der Waals surface area contributed by atoms with E-state index in [9.17, 15) is 0 Å². The van der Waals surface area contributed by atoms with Gasteiger partial charge in [0, 0.05) is 49.4 Å². The number of anilines is 1. The Bertz CT molecular complexity index is 718. The van der Waals surface area contributed by atoms with Crippen LogP contribution in [0.25, 0.3) is 0 Å². The summed E-state index contributed by atoms with van der Waals surface area (Å²) in [6.07, 6.45) is 3.54. The van der Waals surface area contributed by atoms with Crippen LogP contribution in [0.2, 0.25) is 0 Å². The van der Waals surface area contributed by atoms with E-state index in [0.29, 0.717) is 12.5 Å². The minimum atomic E-state index is 0. The Labute approximate surface area is 175 Å². The first kappa shape index (κ1) is 20.8. The van der Waals surface area contributed by atoms with Crippen LogP contribution in [0.5, 0.6) is 0 Å². The molecular formula is C17H26IN7S. The topological polar surface area (TPSA) is 83.5 Å². The zero-order valence-corrected chi connectivity index (χ0v) is 18.6. The van der Waals surface area contributed by atoms with Crippen molar-refractivity contribution in [3.8, 4) is 0 Å². The Kier molecular flexibility index (Phi) is 7.16. The van der Waals surface area contributed by atoms with Gasteiger partial charge in [0.15, 0.2) is 5.96 Å². The molecule has 1 aliphatic heterocycles. The summed E-state index contributed by atoms with van der Waals surface area (Å²) in [4.78, 5) is 22.1. The number of aromatic nitrogens is 3. The third-order valence-corrected chi connectivity index (χ3v) is 4.97. The van der Waals surface area contributed by atoms with E-state index in [4.69, 9.17) is 5.73 Å². The van der Waals surface area contributed by atoms with Crippen LogP contribution in [0.15, 0.2) is 28.8 Å². The summed E-state index contributed by atoms with van der Waals surface area (Å²) in [5.74, 6) is 1.36.